The van der Waals surface area contributed by atoms with Crippen molar-refractivity contribution < 1.29 is 14.0 Å². The lowest BCUT2D eigenvalue weighted by molar-refractivity contribution is 0.0669. The summed E-state index contributed by atoms with van der Waals surface area (Å²) in [5.41, 5.74) is 0.608. The van der Waals surface area contributed by atoms with Gasteiger partial charge in [-0.2, -0.15) is 0 Å². The number of benzene rings is 1. The summed E-state index contributed by atoms with van der Waals surface area (Å²) in [7, 11) is 0. The van der Waals surface area contributed by atoms with Crippen LogP contribution in [0, 0.1) is 11.7 Å². The van der Waals surface area contributed by atoms with Gasteiger partial charge in [0, 0.05) is 38.4 Å². The first kappa shape index (κ1) is 22.3. The van der Waals surface area contributed by atoms with E-state index < -0.39 is 11.8 Å². The molecule has 2 fully saturated rings. The van der Waals surface area contributed by atoms with Crippen molar-refractivity contribution in [1.29, 1.82) is 0 Å². The molecule has 2 N–H and O–H groups in total. The third-order valence-electron chi connectivity index (χ3n) is 5.76. The second kappa shape index (κ2) is 10.1. The summed E-state index contributed by atoms with van der Waals surface area (Å²) in [6, 6.07) is 5.30. The molecule has 2 aliphatic heterocycles. The van der Waals surface area contributed by atoms with E-state index in [1.807, 2.05) is 0 Å². The Labute approximate surface area is 191 Å². The number of urea groups is 1. The summed E-state index contributed by atoms with van der Waals surface area (Å²) in [5.74, 6) is 0.0105. The predicted octanol–water partition coefficient (Wildman–Crippen LogP) is 3.54. The molecule has 10 heteroatoms. The maximum absolute atomic E-state index is 13.3. The summed E-state index contributed by atoms with van der Waals surface area (Å²) in [5, 5.41) is 5.66. The van der Waals surface area contributed by atoms with Crippen LogP contribution in [0.15, 0.2) is 30.5 Å². The number of amides is 3. The maximum Gasteiger partial charge on any atom is 0.319 e. The number of rotatable bonds is 5. The number of aromatic nitrogens is 2. The van der Waals surface area contributed by atoms with Crippen molar-refractivity contribution >= 4 is 35.2 Å². The number of nitrogens with zero attached hydrogens (tertiary/aromatic N) is 4. The summed E-state index contributed by atoms with van der Waals surface area (Å²) in [6.07, 6.45) is 5.38. The van der Waals surface area contributed by atoms with Crippen molar-refractivity contribution in [1.82, 2.24) is 20.2 Å². The smallest absolute Gasteiger partial charge is 0.319 e. The van der Waals surface area contributed by atoms with Gasteiger partial charge in [0.25, 0.3) is 5.91 Å². The van der Waals surface area contributed by atoms with Crippen LogP contribution in [-0.2, 0) is 0 Å². The van der Waals surface area contributed by atoms with Crippen LogP contribution in [0.4, 0.5) is 20.8 Å². The van der Waals surface area contributed by atoms with E-state index in [4.69, 9.17) is 11.6 Å². The molecule has 1 aromatic heterocycles. The van der Waals surface area contributed by atoms with Gasteiger partial charge in [-0.1, -0.05) is 17.7 Å². The first-order valence-electron chi connectivity index (χ1n) is 10.9. The quantitative estimate of drug-likeness (QED) is 0.712. The lowest BCUT2D eigenvalue weighted by Crippen LogP contribution is -2.44. The molecule has 8 nitrogen and oxygen atoms in total. The van der Waals surface area contributed by atoms with Crippen LogP contribution >= 0.6 is 11.6 Å². The molecule has 2 aromatic rings. The van der Waals surface area contributed by atoms with Gasteiger partial charge < -0.3 is 20.4 Å². The topological polar surface area (TPSA) is 90.5 Å². The SMILES string of the molecule is O=C(NCC1CCCN(C(=O)c2nc(N3CCCC3)ncc2Cl)C1)Nc1cccc(F)c1. The molecule has 3 heterocycles. The fourth-order valence-corrected chi connectivity index (χ4v) is 4.29. The maximum atomic E-state index is 13.3. The standard InChI is InChI=1S/C22H26ClFN6O2/c23-18-13-25-21(29-8-1-2-9-29)28-19(18)20(31)30-10-4-5-15(14-30)12-26-22(32)27-17-7-3-6-16(24)11-17/h3,6-7,11,13,15H,1-2,4-5,8-10,12,14H2,(H2,26,27,32). The average molecular weight is 461 g/mol. The van der Waals surface area contributed by atoms with E-state index >= 15 is 0 Å². The second-order valence-corrected chi connectivity index (χ2v) is 8.57. The molecule has 4 rings (SSSR count). The van der Waals surface area contributed by atoms with Gasteiger partial charge in [-0.15, -0.1) is 0 Å². The van der Waals surface area contributed by atoms with E-state index in [0.717, 1.165) is 38.8 Å². The number of hydrogen-bond donors (Lipinski definition) is 2. The molecule has 32 heavy (non-hydrogen) atoms. The summed E-state index contributed by atoms with van der Waals surface area (Å²) < 4.78 is 13.3. The van der Waals surface area contributed by atoms with Gasteiger partial charge in [-0.25, -0.2) is 19.2 Å². The van der Waals surface area contributed by atoms with Gasteiger partial charge in [0.2, 0.25) is 5.95 Å². The second-order valence-electron chi connectivity index (χ2n) is 8.17. The highest BCUT2D eigenvalue weighted by Crippen LogP contribution is 2.23. The molecule has 1 atom stereocenters. The first-order valence-corrected chi connectivity index (χ1v) is 11.2. The van der Waals surface area contributed by atoms with E-state index in [1.165, 1.54) is 24.4 Å². The zero-order valence-electron chi connectivity index (χ0n) is 17.7. The predicted molar refractivity (Wildman–Crippen MR) is 121 cm³/mol. The van der Waals surface area contributed by atoms with E-state index in [2.05, 4.69) is 25.5 Å². The highest BCUT2D eigenvalue weighted by molar-refractivity contribution is 6.33. The Morgan fingerprint density at radius 2 is 2.00 bits per heavy atom. The van der Waals surface area contributed by atoms with Gasteiger partial charge in [0.15, 0.2) is 5.69 Å². The monoisotopic (exact) mass is 460 g/mol. The Morgan fingerprint density at radius 1 is 1.19 bits per heavy atom. The van der Waals surface area contributed by atoms with E-state index in [0.29, 0.717) is 31.3 Å². The van der Waals surface area contributed by atoms with E-state index in [-0.39, 0.29) is 22.5 Å². The van der Waals surface area contributed by atoms with Crippen LogP contribution in [0.1, 0.15) is 36.2 Å². The van der Waals surface area contributed by atoms with Crippen LogP contribution in [0.25, 0.3) is 0 Å². The van der Waals surface area contributed by atoms with Crippen molar-refractivity contribution in [3.63, 3.8) is 0 Å². The Kier molecular flexibility index (Phi) is 7.04. The van der Waals surface area contributed by atoms with Gasteiger partial charge >= 0.3 is 6.03 Å². The highest BCUT2D eigenvalue weighted by atomic mass is 35.5. The molecule has 0 aliphatic carbocycles. The number of anilines is 2. The molecule has 1 unspecified atom stereocenters. The fourth-order valence-electron chi connectivity index (χ4n) is 4.12. The zero-order chi connectivity index (χ0) is 22.5. The number of nitrogens with one attached hydrogen (secondary N) is 2. The van der Waals surface area contributed by atoms with Crippen LogP contribution in [0.2, 0.25) is 5.02 Å². The minimum atomic E-state index is -0.416. The largest absolute Gasteiger partial charge is 0.341 e. The lowest BCUT2D eigenvalue weighted by Gasteiger charge is -2.33. The lowest BCUT2D eigenvalue weighted by atomic mass is 9.97. The van der Waals surface area contributed by atoms with Crippen molar-refractivity contribution in [2.75, 3.05) is 42.9 Å². The summed E-state index contributed by atoms with van der Waals surface area (Å²) in [4.78, 5) is 37.8. The van der Waals surface area contributed by atoms with E-state index in [1.54, 1.807) is 11.0 Å². The molecule has 0 bridgehead atoms. The van der Waals surface area contributed by atoms with Gasteiger partial charge in [0.1, 0.15) is 5.82 Å². The van der Waals surface area contributed by atoms with Crippen LogP contribution < -0.4 is 15.5 Å². The summed E-state index contributed by atoms with van der Waals surface area (Å²) >= 11 is 6.26. The van der Waals surface area contributed by atoms with Crippen LogP contribution in [0.3, 0.4) is 0 Å². The highest BCUT2D eigenvalue weighted by Gasteiger charge is 2.28. The van der Waals surface area contributed by atoms with Crippen molar-refractivity contribution in [2.24, 2.45) is 5.92 Å². The van der Waals surface area contributed by atoms with Crippen LogP contribution in [-0.4, -0.2) is 59.5 Å². The molecule has 170 valence electrons. The van der Waals surface area contributed by atoms with Crippen molar-refractivity contribution in [3.8, 4) is 0 Å². The van der Waals surface area contributed by atoms with Gasteiger partial charge in [0.05, 0.1) is 11.2 Å². The Balaban J connectivity index is 1.34. The summed E-state index contributed by atoms with van der Waals surface area (Å²) in [6.45, 7) is 3.28. The van der Waals surface area contributed by atoms with Gasteiger partial charge in [-0.3, -0.25) is 4.79 Å². The zero-order valence-corrected chi connectivity index (χ0v) is 18.4. The molecule has 3 amide bonds. The molecular formula is C22H26ClFN6O2. The number of piperidine rings is 1. The van der Waals surface area contributed by atoms with Crippen molar-refractivity contribution in [3.05, 3.63) is 47.0 Å². The van der Waals surface area contributed by atoms with Crippen LogP contribution in [0.5, 0.6) is 0 Å². The molecule has 0 spiro atoms. The Morgan fingerprint density at radius 3 is 2.78 bits per heavy atom. The first-order chi connectivity index (χ1) is 15.5. The average Bonchev–Trinajstić information content (AvgIpc) is 3.33. The molecule has 0 saturated carbocycles. The van der Waals surface area contributed by atoms with Crippen molar-refractivity contribution in [2.45, 2.75) is 25.7 Å². The molecule has 2 aliphatic rings. The Bertz CT molecular complexity index is 985. The number of carbonyl (C=O) groups is 2. The van der Waals surface area contributed by atoms with E-state index in [9.17, 15) is 14.0 Å². The number of hydrogen-bond acceptors (Lipinski definition) is 5. The van der Waals surface area contributed by atoms with Gasteiger partial charge in [-0.05, 0) is 49.8 Å². The third-order valence-corrected chi connectivity index (χ3v) is 6.04. The fraction of sp³-hybridized carbons (Fsp3) is 0.455. The molecule has 2 saturated heterocycles. The normalized spacial score (nSPS) is 18.5. The minimum absolute atomic E-state index is 0.102. The minimum Gasteiger partial charge on any atom is -0.341 e. The Hall–Kier alpha value is -2.94. The number of halogens is 2. The number of carbonyl (C=O) groups excluding carboxylic acids is 2. The number of likely N-dealkylation sites (tertiary alicyclic amines) is 1. The molecule has 1 aromatic carbocycles. The molecule has 0 radical (unpaired) electrons. The molecular weight excluding hydrogens is 435 g/mol. The third kappa shape index (κ3) is 5.45.